The molecule has 4 nitrogen and oxygen atoms in total. The van der Waals surface area contributed by atoms with E-state index in [0.717, 1.165) is 6.42 Å². The highest BCUT2D eigenvalue weighted by atomic mass is 35.5. The first-order chi connectivity index (χ1) is 6.63. The molecule has 0 aliphatic rings. The van der Waals surface area contributed by atoms with Crippen LogP contribution in [0, 0.1) is 0 Å². The Balaban J connectivity index is 2.79. The summed E-state index contributed by atoms with van der Waals surface area (Å²) in [5.74, 6) is -0.543. The van der Waals surface area contributed by atoms with Crippen LogP contribution in [-0.2, 0) is 4.74 Å². The standard InChI is InChI=1S/C8H8Cl2N2O2/c1-2-3-14-7(13)5-4-6(9)12-8(10)11-5/h4H,2-3H2,1H3. The number of carbonyl (C=O) groups is 1. The summed E-state index contributed by atoms with van der Waals surface area (Å²) in [5, 5.41) is 0.0504. The number of halogens is 2. The highest BCUT2D eigenvalue weighted by Crippen LogP contribution is 2.11. The Kier molecular flexibility index (Phi) is 4.10. The summed E-state index contributed by atoms with van der Waals surface area (Å²) < 4.78 is 4.84. The molecule has 0 saturated heterocycles. The van der Waals surface area contributed by atoms with Gasteiger partial charge in [-0.25, -0.2) is 14.8 Å². The fraction of sp³-hybridized carbons (Fsp3) is 0.375. The van der Waals surface area contributed by atoms with Gasteiger partial charge in [-0.15, -0.1) is 0 Å². The minimum Gasteiger partial charge on any atom is -0.461 e. The fourth-order valence-electron chi connectivity index (χ4n) is 0.763. The van der Waals surface area contributed by atoms with Gasteiger partial charge < -0.3 is 4.74 Å². The lowest BCUT2D eigenvalue weighted by molar-refractivity contribution is 0.0498. The van der Waals surface area contributed by atoms with Gasteiger partial charge in [-0.1, -0.05) is 18.5 Å². The van der Waals surface area contributed by atoms with E-state index >= 15 is 0 Å². The van der Waals surface area contributed by atoms with Gasteiger partial charge in [0.25, 0.3) is 0 Å². The first-order valence-corrected chi connectivity index (χ1v) is 4.76. The van der Waals surface area contributed by atoms with Crippen molar-refractivity contribution < 1.29 is 9.53 Å². The van der Waals surface area contributed by atoms with Gasteiger partial charge in [-0.05, 0) is 18.0 Å². The number of rotatable bonds is 3. The maximum atomic E-state index is 11.3. The Morgan fingerprint density at radius 1 is 1.50 bits per heavy atom. The first-order valence-electron chi connectivity index (χ1n) is 4.00. The molecule has 14 heavy (non-hydrogen) atoms. The predicted octanol–water partition coefficient (Wildman–Crippen LogP) is 2.35. The number of hydrogen-bond donors (Lipinski definition) is 0. The molecule has 0 amide bonds. The number of nitrogens with zero attached hydrogens (tertiary/aromatic N) is 2. The van der Waals surface area contributed by atoms with E-state index in [4.69, 9.17) is 27.9 Å². The minimum absolute atomic E-state index is 0.0686. The molecule has 0 aromatic carbocycles. The SMILES string of the molecule is CCCOC(=O)c1cc(Cl)nc(Cl)n1. The Morgan fingerprint density at radius 3 is 2.79 bits per heavy atom. The normalized spacial score (nSPS) is 9.93. The average molecular weight is 235 g/mol. The zero-order valence-corrected chi connectivity index (χ0v) is 8.97. The van der Waals surface area contributed by atoms with Gasteiger partial charge in [0.1, 0.15) is 5.15 Å². The van der Waals surface area contributed by atoms with E-state index in [1.54, 1.807) is 0 Å². The molecule has 0 atom stereocenters. The molecular formula is C8H8Cl2N2O2. The second-order valence-electron chi connectivity index (χ2n) is 2.48. The molecule has 1 aromatic rings. The van der Waals surface area contributed by atoms with Gasteiger partial charge >= 0.3 is 5.97 Å². The summed E-state index contributed by atoms with van der Waals surface area (Å²) in [5.41, 5.74) is 0.0726. The van der Waals surface area contributed by atoms with Crippen LogP contribution in [0.2, 0.25) is 10.4 Å². The van der Waals surface area contributed by atoms with Gasteiger partial charge in [0.15, 0.2) is 5.69 Å². The van der Waals surface area contributed by atoms with E-state index < -0.39 is 5.97 Å². The maximum Gasteiger partial charge on any atom is 0.357 e. The summed E-state index contributed by atoms with van der Waals surface area (Å²) in [6.07, 6.45) is 0.748. The van der Waals surface area contributed by atoms with Crippen LogP contribution in [0.15, 0.2) is 6.07 Å². The number of hydrogen-bond acceptors (Lipinski definition) is 4. The molecular weight excluding hydrogens is 227 g/mol. The average Bonchev–Trinajstić information content (AvgIpc) is 2.12. The van der Waals surface area contributed by atoms with Crippen molar-refractivity contribution in [2.45, 2.75) is 13.3 Å². The second kappa shape index (κ2) is 5.12. The molecule has 1 heterocycles. The summed E-state index contributed by atoms with van der Waals surface area (Å²) >= 11 is 11.1. The van der Waals surface area contributed by atoms with Crippen molar-refractivity contribution in [3.63, 3.8) is 0 Å². The molecule has 1 aromatic heterocycles. The third-order valence-corrected chi connectivity index (χ3v) is 1.68. The first kappa shape index (κ1) is 11.2. The van der Waals surface area contributed by atoms with E-state index in [1.807, 2.05) is 6.92 Å². The predicted molar refractivity (Wildman–Crippen MR) is 52.6 cm³/mol. The molecule has 0 N–H and O–H groups in total. The van der Waals surface area contributed by atoms with Gasteiger partial charge in [-0.3, -0.25) is 0 Å². The molecule has 0 fully saturated rings. The molecule has 0 aliphatic carbocycles. The molecule has 0 radical (unpaired) electrons. The van der Waals surface area contributed by atoms with Gasteiger partial charge in [0, 0.05) is 6.07 Å². The van der Waals surface area contributed by atoms with Crippen molar-refractivity contribution in [1.29, 1.82) is 0 Å². The highest BCUT2D eigenvalue weighted by Gasteiger charge is 2.11. The smallest absolute Gasteiger partial charge is 0.357 e. The zero-order valence-electron chi connectivity index (χ0n) is 7.46. The van der Waals surface area contributed by atoms with E-state index in [9.17, 15) is 4.79 Å². The van der Waals surface area contributed by atoms with Crippen molar-refractivity contribution in [3.8, 4) is 0 Å². The topological polar surface area (TPSA) is 52.1 Å². The maximum absolute atomic E-state index is 11.3. The zero-order chi connectivity index (χ0) is 10.6. The Morgan fingerprint density at radius 2 is 2.21 bits per heavy atom. The molecule has 0 aliphatic heterocycles. The van der Waals surface area contributed by atoms with Gasteiger partial charge in [-0.2, -0.15) is 0 Å². The van der Waals surface area contributed by atoms with Crippen LogP contribution in [-0.4, -0.2) is 22.5 Å². The number of ether oxygens (including phenoxy) is 1. The molecule has 0 saturated carbocycles. The molecule has 76 valence electrons. The summed E-state index contributed by atoms with van der Waals surface area (Å²) in [6.45, 7) is 2.24. The van der Waals surface area contributed by atoms with E-state index in [-0.39, 0.29) is 16.1 Å². The Hall–Kier alpha value is -0.870. The Labute approximate surface area is 91.2 Å². The van der Waals surface area contributed by atoms with Crippen molar-refractivity contribution >= 4 is 29.2 Å². The molecule has 6 heteroatoms. The number of aromatic nitrogens is 2. The molecule has 0 unspecified atom stereocenters. The molecule has 0 spiro atoms. The third-order valence-electron chi connectivity index (χ3n) is 1.31. The number of esters is 1. The van der Waals surface area contributed by atoms with Gasteiger partial charge in [0.2, 0.25) is 5.28 Å². The lowest BCUT2D eigenvalue weighted by Gasteiger charge is -2.02. The monoisotopic (exact) mass is 234 g/mol. The van der Waals surface area contributed by atoms with Crippen LogP contribution in [0.25, 0.3) is 0 Å². The van der Waals surface area contributed by atoms with Crippen molar-refractivity contribution in [3.05, 3.63) is 22.2 Å². The van der Waals surface area contributed by atoms with Crippen LogP contribution < -0.4 is 0 Å². The van der Waals surface area contributed by atoms with E-state index in [1.165, 1.54) is 6.07 Å². The second-order valence-corrected chi connectivity index (χ2v) is 3.21. The van der Waals surface area contributed by atoms with Crippen LogP contribution in [0.4, 0.5) is 0 Å². The summed E-state index contributed by atoms with van der Waals surface area (Å²) in [6, 6.07) is 1.31. The molecule has 1 rings (SSSR count). The van der Waals surface area contributed by atoms with Gasteiger partial charge in [0.05, 0.1) is 6.61 Å². The van der Waals surface area contributed by atoms with Crippen LogP contribution in [0.5, 0.6) is 0 Å². The fourth-order valence-corrected chi connectivity index (χ4v) is 1.17. The third kappa shape index (κ3) is 3.12. The minimum atomic E-state index is -0.543. The highest BCUT2D eigenvalue weighted by molar-refractivity contribution is 6.32. The largest absolute Gasteiger partial charge is 0.461 e. The lowest BCUT2D eigenvalue weighted by atomic mass is 10.4. The molecule has 0 bridgehead atoms. The van der Waals surface area contributed by atoms with Crippen LogP contribution in [0.1, 0.15) is 23.8 Å². The van der Waals surface area contributed by atoms with Crippen molar-refractivity contribution in [1.82, 2.24) is 9.97 Å². The Bertz CT molecular complexity index is 324. The van der Waals surface area contributed by atoms with Crippen LogP contribution >= 0.6 is 23.2 Å². The van der Waals surface area contributed by atoms with Crippen molar-refractivity contribution in [2.75, 3.05) is 6.61 Å². The quantitative estimate of drug-likeness (QED) is 0.458. The van der Waals surface area contributed by atoms with E-state index in [0.29, 0.717) is 6.61 Å². The summed E-state index contributed by atoms with van der Waals surface area (Å²) in [7, 11) is 0. The van der Waals surface area contributed by atoms with Crippen molar-refractivity contribution in [2.24, 2.45) is 0 Å². The lowest BCUT2D eigenvalue weighted by Crippen LogP contribution is -2.08. The van der Waals surface area contributed by atoms with Crippen LogP contribution in [0.3, 0.4) is 0 Å². The number of carbonyl (C=O) groups excluding carboxylic acids is 1. The summed E-state index contributed by atoms with van der Waals surface area (Å²) in [4.78, 5) is 18.6. The van der Waals surface area contributed by atoms with E-state index in [2.05, 4.69) is 9.97 Å².